The summed E-state index contributed by atoms with van der Waals surface area (Å²) in [5.41, 5.74) is 15.7. The van der Waals surface area contributed by atoms with Gasteiger partial charge < -0.3 is 21.7 Å². The monoisotopic (exact) mass is 1030 g/mol. The fourth-order valence-electron chi connectivity index (χ4n) is 8.11. The van der Waals surface area contributed by atoms with Crippen LogP contribution in [0.15, 0.2) is 125 Å². The molecule has 0 heterocycles. The van der Waals surface area contributed by atoms with E-state index < -0.39 is 71.4 Å². The van der Waals surface area contributed by atoms with Crippen molar-refractivity contribution in [1.29, 1.82) is 0 Å². The normalized spacial score (nSPS) is 12.7. The lowest BCUT2D eigenvalue weighted by molar-refractivity contribution is 0.480. The lowest BCUT2D eigenvalue weighted by Gasteiger charge is -2.12. The number of aromatic hydroxyl groups is 2. The molecule has 8 rings (SSSR count). The molecule has 0 atom stereocenters. The number of hydrogen-bond donors (Lipinski definition) is 8. The fraction of sp³-hybridized carbons (Fsp3) is 0.130. The smallest absolute Gasteiger partial charge is 0.296 e. The predicted octanol–water partition coefficient (Wildman–Crippen LogP) is 10.2. The molecular formula is C46H42N6O14S4. The van der Waals surface area contributed by atoms with Crippen molar-refractivity contribution in [2.24, 2.45) is 20.5 Å². The van der Waals surface area contributed by atoms with Crippen LogP contribution in [0.2, 0.25) is 0 Å². The SMILES string of the molecule is Cc1cc(S(=O)(=O)O)c2cc(N=Nc3c(C)cc4cc(C)cc(N)c4c3O)c(S(=O)(=O)O)cc2c1.Cc1cc(S(=O)(=O)O)c2cc(N=Nc3c(C)cc4cc(C)cc(N)c4c3O)c(S(=O)(=O)O)cc2c1. The second-order valence-electron chi connectivity index (χ2n) is 16.6. The van der Waals surface area contributed by atoms with Crippen LogP contribution in [0, 0.1) is 41.5 Å². The van der Waals surface area contributed by atoms with Crippen molar-refractivity contribution in [3.05, 3.63) is 118 Å². The highest BCUT2D eigenvalue weighted by molar-refractivity contribution is 7.87. The average molecular weight is 1030 g/mol. The molecule has 364 valence electrons. The van der Waals surface area contributed by atoms with Gasteiger partial charge in [-0.05, 0) is 157 Å². The number of nitrogens with zero attached hydrogens (tertiary/aromatic N) is 4. The van der Waals surface area contributed by atoms with Crippen molar-refractivity contribution in [2.45, 2.75) is 61.1 Å². The molecule has 0 radical (unpaired) electrons. The van der Waals surface area contributed by atoms with Gasteiger partial charge in [-0.25, -0.2) is 0 Å². The van der Waals surface area contributed by atoms with Gasteiger partial charge in [0.15, 0.2) is 11.5 Å². The van der Waals surface area contributed by atoms with Gasteiger partial charge in [-0.2, -0.15) is 33.7 Å². The molecule has 0 aromatic heterocycles. The summed E-state index contributed by atoms with van der Waals surface area (Å²) >= 11 is 0. The molecule has 10 N–H and O–H groups in total. The van der Waals surface area contributed by atoms with Crippen LogP contribution in [0.3, 0.4) is 0 Å². The van der Waals surface area contributed by atoms with Crippen molar-refractivity contribution in [1.82, 2.24) is 0 Å². The molecule has 8 aromatic carbocycles. The number of benzene rings is 8. The number of nitrogen functional groups attached to an aromatic ring is 2. The van der Waals surface area contributed by atoms with Gasteiger partial charge in [0.25, 0.3) is 40.5 Å². The van der Waals surface area contributed by atoms with Gasteiger partial charge in [-0.3, -0.25) is 18.2 Å². The maximum atomic E-state index is 12.1. The average Bonchev–Trinajstić information content (AvgIpc) is 3.20. The van der Waals surface area contributed by atoms with Gasteiger partial charge in [-0.1, -0.05) is 24.3 Å². The molecule has 0 aliphatic heterocycles. The molecule has 0 aliphatic carbocycles. The molecule has 20 nitrogen and oxygen atoms in total. The molecule has 24 heteroatoms. The van der Waals surface area contributed by atoms with Crippen LogP contribution in [0.1, 0.15) is 33.4 Å². The molecule has 0 aliphatic rings. The number of aryl methyl sites for hydroxylation is 6. The van der Waals surface area contributed by atoms with Gasteiger partial charge in [0.2, 0.25) is 0 Å². The van der Waals surface area contributed by atoms with Crippen LogP contribution in [0.5, 0.6) is 11.5 Å². The first-order chi connectivity index (χ1) is 32.3. The number of nitrogens with two attached hydrogens (primary N) is 2. The Morgan fingerprint density at radius 1 is 0.371 bits per heavy atom. The second kappa shape index (κ2) is 18.0. The van der Waals surface area contributed by atoms with Crippen LogP contribution >= 0.6 is 0 Å². The zero-order valence-electron chi connectivity index (χ0n) is 37.6. The Bertz CT molecular complexity index is 3860. The van der Waals surface area contributed by atoms with Gasteiger partial charge >= 0.3 is 0 Å². The Hall–Kier alpha value is -7.16. The summed E-state index contributed by atoms with van der Waals surface area (Å²) in [7, 11) is -18.9. The lowest BCUT2D eigenvalue weighted by Crippen LogP contribution is -2.02. The first kappa shape index (κ1) is 50.7. The number of anilines is 2. The van der Waals surface area contributed by atoms with E-state index in [4.69, 9.17) is 11.5 Å². The summed E-state index contributed by atoms with van der Waals surface area (Å²) in [5, 5.41) is 39.8. The van der Waals surface area contributed by atoms with E-state index in [-0.39, 0.29) is 44.4 Å². The highest BCUT2D eigenvalue weighted by atomic mass is 32.2. The van der Waals surface area contributed by atoms with Crippen LogP contribution in [0.4, 0.5) is 34.1 Å². The van der Waals surface area contributed by atoms with E-state index in [1.807, 2.05) is 26.0 Å². The molecule has 0 saturated heterocycles. The maximum Gasteiger partial charge on any atom is 0.296 e. The fourth-order valence-corrected chi connectivity index (χ4v) is 11.0. The first-order valence-electron chi connectivity index (χ1n) is 20.3. The first-order valence-corrected chi connectivity index (χ1v) is 26.0. The van der Waals surface area contributed by atoms with Gasteiger partial charge in [0.05, 0.1) is 0 Å². The second-order valence-corrected chi connectivity index (χ2v) is 22.2. The van der Waals surface area contributed by atoms with Gasteiger partial charge in [-0.15, -0.1) is 20.5 Å². The predicted molar refractivity (Wildman–Crippen MR) is 264 cm³/mol. The van der Waals surface area contributed by atoms with E-state index >= 15 is 0 Å². The third-order valence-corrected chi connectivity index (χ3v) is 14.6. The van der Waals surface area contributed by atoms with Crippen LogP contribution < -0.4 is 11.5 Å². The number of phenolic OH excluding ortho intramolecular Hbond substituents is 2. The van der Waals surface area contributed by atoms with E-state index in [2.05, 4.69) is 20.5 Å². The quantitative estimate of drug-likeness (QED) is 0.0398. The number of rotatable bonds is 8. The summed E-state index contributed by atoms with van der Waals surface area (Å²) in [6.45, 7) is 10.2. The van der Waals surface area contributed by atoms with Crippen LogP contribution in [0.25, 0.3) is 43.1 Å². The van der Waals surface area contributed by atoms with Crippen LogP contribution in [-0.2, 0) is 40.5 Å². The van der Waals surface area contributed by atoms with E-state index in [9.17, 15) is 62.1 Å². The highest BCUT2D eigenvalue weighted by Gasteiger charge is 2.24. The molecule has 0 unspecified atom stereocenters. The summed E-state index contributed by atoms with van der Waals surface area (Å²) in [6, 6.07) is 20.1. The van der Waals surface area contributed by atoms with E-state index in [0.29, 0.717) is 55.2 Å². The number of azo groups is 2. The Kier molecular flexibility index (Phi) is 13.0. The third kappa shape index (κ3) is 10.1. The Morgan fingerprint density at radius 3 is 0.986 bits per heavy atom. The maximum absolute atomic E-state index is 12.1. The minimum Gasteiger partial charge on any atom is -0.505 e. The number of phenols is 2. The minimum absolute atomic E-state index is 0.00773. The summed E-state index contributed by atoms with van der Waals surface area (Å²) in [6.07, 6.45) is 0. The van der Waals surface area contributed by atoms with Gasteiger partial charge in [0, 0.05) is 32.9 Å². The molecular weight excluding hydrogens is 989 g/mol. The standard InChI is InChI=1S/2C23H21N3O7S2/c2*1-11-5-15-8-13(3)22(23(27)21(15)17(24)6-11)26-25-18-10-16-14(9-20(18)35(31,32)33)4-12(2)7-19(16)34(28,29)30/h2*4-10,27H,24H2,1-3H3,(H,28,29,30)(H,31,32,33). The zero-order chi connectivity index (χ0) is 51.7. The molecule has 0 fully saturated rings. The molecule has 70 heavy (non-hydrogen) atoms. The van der Waals surface area contributed by atoms with Crippen molar-refractivity contribution in [3.63, 3.8) is 0 Å². The summed E-state index contributed by atoms with van der Waals surface area (Å²) in [4.78, 5) is -2.18. The number of fused-ring (bicyclic) bond motifs is 4. The van der Waals surface area contributed by atoms with Crippen LogP contribution in [-0.4, -0.2) is 62.1 Å². The Morgan fingerprint density at radius 2 is 0.671 bits per heavy atom. The van der Waals surface area contributed by atoms with Crippen molar-refractivity contribution >= 4 is 118 Å². The minimum atomic E-state index is -4.81. The summed E-state index contributed by atoms with van der Waals surface area (Å²) < 4.78 is 135. The number of hydrogen-bond acceptors (Lipinski definition) is 16. The van der Waals surface area contributed by atoms with E-state index in [1.54, 1.807) is 52.0 Å². The van der Waals surface area contributed by atoms with Crippen molar-refractivity contribution in [2.75, 3.05) is 11.5 Å². The Balaban J connectivity index is 0.000000206. The zero-order valence-corrected chi connectivity index (χ0v) is 40.9. The highest BCUT2D eigenvalue weighted by Crippen LogP contribution is 2.45. The molecule has 0 amide bonds. The molecule has 0 bridgehead atoms. The van der Waals surface area contributed by atoms with Gasteiger partial charge in [0.1, 0.15) is 42.3 Å². The van der Waals surface area contributed by atoms with E-state index in [1.165, 1.54) is 24.3 Å². The van der Waals surface area contributed by atoms with E-state index in [0.717, 1.165) is 35.4 Å². The molecule has 0 saturated carbocycles. The molecule has 0 spiro atoms. The lowest BCUT2D eigenvalue weighted by atomic mass is 10.0. The topological polar surface area (TPSA) is 359 Å². The van der Waals surface area contributed by atoms with Crippen molar-refractivity contribution < 1.29 is 62.1 Å². The van der Waals surface area contributed by atoms with Crippen molar-refractivity contribution in [3.8, 4) is 11.5 Å². The largest absolute Gasteiger partial charge is 0.505 e. The summed E-state index contributed by atoms with van der Waals surface area (Å²) in [5.74, 6) is -0.547. The molecule has 8 aromatic rings. The third-order valence-electron chi connectivity index (χ3n) is 11.0. The Labute approximate surface area is 400 Å².